The first-order valence-corrected chi connectivity index (χ1v) is 13.2. The number of dihydropyridines is 1. The number of fused-ring (bicyclic) bond motifs is 3. The summed E-state index contributed by atoms with van der Waals surface area (Å²) in [5, 5.41) is 11.3. The highest BCUT2D eigenvalue weighted by Gasteiger charge is 2.21. The van der Waals surface area contributed by atoms with Gasteiger partial charge in [0.05, 0.1) is 0 Å². The first kappa shape index (κ1) is 21.9. The van der Waals surface area contributed by atoms with Gasteiger partial charge < -0.3 is 5.32 Å². The maximum atomic E-state index is 3.44. The van der Waals surface area contributed by atoms with E-state index < -0.39 is 0 Å². The van der Waals surface area contributed by atoms with Crippen molar-refractivity contribution in [1.82, 2.24) is 5.32 Å². The van der Waals surface area contributed by atoms with Gasteiger partial charge in [-0.3, -0.25) is 0 Å². The molecule has 1 aliphatic heterocycles. The Bertz CT molecular complexity index is 1750. The zero-order valence-electron chi connectivity index (χ0n) is 21.0. The summed E-state index contributed by atoms with van der Waals surface area (Å²) < 4.78 is 0. The molecule has 0 fully saturated rings. The number of allylic oxidation sites excluding steroid dienone is 5. The molecule has 0 radical (unpaired) electrons. The molecule has 5 aromatic rings. The lowest BCUT2D eigenvalue weighted by atomic mass is 9.81. The maximum Gasteiger partial charge on any atom is 0.0482 e. The van der Waals surface area contributed by atoms with Gasteiger partial charge in [0.25, 0.3) is 0 Å². The van der Waals surface area contributed by atoms with E-state index in [1.807, 2.05) is 6.20 Å². The molecule has 37 heavy (non-hydrogen) atoms. The molecule has 0 amide bonds. The third kappa shape index (κ3) is 3.70. The van der Waals surface area contributed by atoms with E-state index in [1.165, 1.54) is 65.7 Å². The number of hydrogen-bond acceptors (Lipinski definition) is 1. The molecule has 1 atom stereocenters. The van der Waals surface area contributed by atoms with Crippen LogP contribution < -0.4 is 5.32 Å². The summed E-state index contributed by atoms with van der Waals surface area (Å²) in [6, 6.07) is 33.8. The number of hydrogen-bond donors (Lipinski definition) is 1. The molecule has 1 nitrogen and oxygen atoms in total. The summed E-state index contributed by atoms with van der Waals surface area (Å²) in [6.07, 6.45) is 13.2. The highest BCUT2D eigenvalue weighted by Crippen LogP contribution is 2.44. The second kappa shape index (κ2) is 8.94. The molecule has 2 aliphatic rings. The second-order valence-corrected chi connectivity index (χ2v) is 10.2. The molecule has 5 aromatic carbocycles. The van der Waals surface area contributed by atoms with Crippen LogP contribution in [0.2, 0.25) is 0 Å². The molecule has 0 bridgehead atoms. The quantitative estimate of drug-likeness (QED) is 0.256. The van der Waals surface area contributed by atoms with Crippen LogP contribution in [0.15, 0.2) is 133 Å². The Balaban J connectivity index is 1.46. The van der Waals surface area contributed by atoms with Gasteiger partial charge in [-0.25, -0.2) is 0 Å². The van der Waals surface area contributed by atoms with Crippen LogP contribution >= 0.6 is 0 Å². The summed E-state index contributed by atoms with van der Waals surface area (Å²) in [4.78, 5) is 0. The van der Waals surface area contributed by atoms with Gasteiger partial charge >= 0.3 is 0 Å². The maximum absolute atomic E-state index is 3.44. The Labute approximate surface area is 218 Å². The topological polar surface area (TPSA) is 12.0 Å². The largest absolute Gasteiger partial charge is 0.384 e. The molecule has 0 saturated heterocycles. The molecular weight excluding hydrogens is 446 g/mol. The zero-order chi connectivity index (χ0) is 24.8. The van der Waals surface area contributed by atoms with Gasteiger partial charge in [-0.1, -0.05) is 103 Å². The average molecular weight is 476 g/mol. The van der Waals surface area contributed by atoms with Crippen LogP contribution in [0, 0.1) is 0 Å². The van der Waals surface area contributed by atoms with E-state index in [4.69, 9.17) is 0 Å². The van der Waals surface area contributed by atoms with Gasteiger partial charge in [0, 0.05) is 6.04 Å². The highest BCUT2D eigenvalue weighted by atomic mass is 14.9. The first-order chi connectivity index (χ1) is 18.3. The number of rotatable bonds is 3. The lowest BCUT2D eigenvalue weighted by molar-refractivity contribution is 0.714. The summed E-state index contributed by atoms with van der Waals surface area (Å²) in [7, 11) is 0. The van der Waals surface area contributed by atoms with Gasteiger partial charge in [0.2, 0.25) is 0 Å². The van der Waals surface area contributed by atoms with E-state index >= 15 is 0 Å². The smallest absolute Gasteiger partial charge is 0.0482 e. The van der Waals surface area contributed by atoms with Gasteiger partial charge in [0.1, 0.15) is 0 Å². The van der Waals surface area contributed by atoms with Crippen molar-refractivity contribution in [3.8, 4) is 11.1 Å². The third-order valence-corrected chi connectivity index (χ3v) is 8.00. The average Bonchev–Trinajstić information content (AvgIpc) is 2.96. The Morgan fingerprint density at radius 2 is 1.19 bits per heavy atom. The fraction of sp³-hybridized carbons (Fsp3) is 0.111. The summed E-state index contributed by atoms with van der Waals surface area (Å²) in [5.74, 6) is 0. The molecule has 7 rings (SSSR count). The van der Waals surface area contributed by atoms with E-state index in [0.717, 1.165) is 12.8 Å². The summed E-state index contributed by atoms with van der Waals surface area (Å²) in [5.41, 5.74) is 8.25. The molecule has 1 unspecified atom stereocenters. The fourth-order valence-electron chi connectivity index (χ4n) is 6.19. The van der Waals surface area contributed by atoms with Crippen LogP contribution in [0.3, 0.4) is 0 Å². The van der Waals surface area contributed by atoms with E-state index in [1.54, 1.807) is 0 Å². The molecule has 1 aliphatic carbocycles. The molecule has 0 spiro atoms. The van der Waals surface area contributed by atoms with Gasteiger partial charge in [-0.2, -0.15) is 0 Å². The Kier molecular flexibility index (Phi) is 5.29. The van der Waals surface area contributed by atoms with E-state index in [-0.39, 0.29) is 0 Å². The lowest BCUT2D eigenvalue weighted by Crippen LogP contribution is -2.26. The predicted octanol–water partition coefficient (Wildman–Crippen LogP) is 9.35. The Morgan fingerprint density at radius 3 is 1.84 bits per heavy atom. The highest BCUT2D eigenvalue weighted by molar-refractivity contribution is 6.19. The van der Waals surface area contributed by atoms with Crippen LogP contribution in [0.25, 0.3) is 49.0 Å². The van der Waals surface area contributed by atoms with Crippen LogP contribution in [0.1, 0.15) is 25.3 Å². The van der Waals surface area contributed by atoms with Crippen LogP contribution in [0.5, 0.6) is 0 Å². The van der Waals surface area contributed by atoms with Crippen molar-refractivity contribution in [1.29, 1.82) is 0 Å². The minimum atomic E-state index is 0.356. The number of nitrogens with one attached hydrogen (secondary N) is 1. The van der Waals surface area contributed by atoms with E-state index in [9.17, 15) is 0 Å². The van der Waals surface area contributed by atoms with Crippen molar-refractivity contribution in [2.45, 2.75) is 25.8 Å². The summed E-state index contributed by atoms with van der Waals surface area (Å²) >= 11 is 0. The first-order valence-electron chi connectivity index (χ1n) is 13.2. The van der Waals surface area contributed by atoms with Gasteiger partial charge in [-0.05, 0) is 104 Å². The minimum Gasteiger partial charge on any atom is -0.384 e. The van der Waals surface area contributed by atoms with Crippen LogP contribution in [-0.4, -0.2) is 6.04 Å². The number of benzene rings is 5. The standard InChI is InChI=1S/C36H29N/c1-24-30(15-8-22-37-24)26-17-19-27(20-18-26)35-31-11-4-6-13-33(31)36(34-14-7-5-12-32(34)35)29-21-16-25-9-2-3-10-28(25)23-29/h2-17,19,21-24,37H,18,20H2,1H3. The third-order valence-electron chi connectivity index (χ3n) is 8.00. The van der Waals surface area contributed by atoms with Crippen molar-refractivity contribution in [3.63, 3.8) is 0 Å². The molecule has 1 heterocycles. The second-order valence-electron chi connectivity index (χ2n) is 10.2. The van der Waals surface area contributed by atoms with Crippen molar-refractivity contribution in [2.75, 3.05) is 0 Å². The monoisotopic (exact) mass is 475 g/mol. The SMILES string of the molecule is CC1NC=CC=C1C1=CC=C(c2c3ccccc3c(-c3ccc4ccccc4c3)c3ccccc23)CC1. The Morgan fingerprint density at radius 1 is 0.595 bits per heavy atom. The van der Waals surface area contributed by atoms with Gasteiger partial charge in [0.15, 0.2) is 0 Å². The Hall–Kier alpha value is -4.36. The van der Waals surface area contributed by atoms with E-state index in [2.05, 4.69) is 128 Å². The van der Waals surface area contributed by atoms with Gasteiger partial charge in [-0.15, -0.1) is 0 Å². The fourth-order valence-corrected chi connectivity index (χ4v) is 6.19. The van der Waals surface area contributed by atoms with Crippen molar-refractivity contribution in [3.05, 3.63) is 138 Å². The predicted molar refractivity (Wildman–Crippen MR) is 160 cm³/mol. The summed E-state index contributed by atoms with van der Waals surface area (Å²) in [6.45, 7) is 2.24. The lowest BCUT2D eigenvalue weighted by Gasteiger charge is -2.25. The van der Waals surface area contributed by atoms with Crippen molar-refractivity contribution in [2.24, 2.45) is 0 Å². The molecular formula is C36H29N. The van der Waals surface area contributed by atoms with E-state index in [0.29, 0.717) is 6.04 Å². The molecule has 0 saturated carbocycles. The molecule has 178 valence electrons. The van der Waals surface area contributed by atoms with Crippen molar-refractivity contribution < 1.29 is 0 Å². The van der Waals surface area contributed by atoms with Crippen LogP contribution in [0.4, 0.5) is 0 Å². The minimum absolute atomic E-state index is 0.356. The molecule has 0 aromatic heterocycles. The molecule has 1 N–H and O–H groups in total. The molecule has 1 heteroatoms. The zero-order valence-corrected chi connectivity index (χ0v) is 21.0. The van der Waals surface area contributed by atoms with Crippen LogP contribution in [-0.2, 0) is 0 Å². The normalized spacial score (nSPS) is 17.4. The van der Waals surface area contributed by atoms with Crippen molar-refractivity contribution >= 4 is 37.9 Å².